The number of aryl methyl sites for hydroxylation is 2. The molecule has 0 radical (unpaired) electrons. The summed E-state index contributed by atoms with van der Waals surface area (Å²) < 4.78 is 7.19. The molecule has 0 aliphatic rings. The molecule has 1 aromatic carbocycles. The fraction of sp³-hybridized carbons (Fsp3) is 0.250. The molecule has 0 fully saturated rings. The Hall–Kier alpha value is -2.96. The Labute approximate surface area is 133 Å². The number of amides is 1. The van der Waals surface area contributed by atoms with Gasteiger partial charge >= 0.3 is 0 Å². The Morgan fingerprint density at radius 1 is 1.22 bits per heavy atom. The van der Waals surface area contributed by atoms with Gasteiger partial charge in [0.15, 0.2) is 12.3 Å². The molecule has 0 unspecified atom stereocenters. The highest BCUT2D eigenvalue weighted by Crippen LogP contribution is 2.24. The second kappa shape index (κ2) is 6.04. The van der Waals surface area contributed by atoms with Crippen LogP contribution in [0.4, 0.5) is 0 Å². The third-order valence-electron chi connectivity index (χ3n) is 3.40. The van der Waals surface area contributed by atoms with Crippen LogP contribution in [0, 0.1) is 13.8 Å². The summed E-state index contributed by atoms with van der Waals surface area (Å²) in [7, 11) is 1.55. The quantitative estimate of drug-likeness (QED) is 0.790. The van der Waals surface area contributed by atoms with Crippen molar-refractivity contribution in [3.05, 3.63) is 41.9 Å². The minimum atomic E-state index is -0.224. The van der Waals surface area contributed by atoms with Gasteiger partial charge in [-0.25, -0.2) is 14.6 Å². The molecule has 7 heteroatoms. The molecule has 2 heterocycles. The first kappa shape index (κ1) is 15.0. The highest BCUT2D eigenvalue weighted by atomic mass is 16.5. The van der Waals surface area contributed by atoms with Gasteiger partial charge in [0.05, 0.1) is 11.9 Å². The van der Waals surface area contributed by atoms with Gasteiger partial charge < -0.3 is 10.1 Å². The van der Waals surface area contributed by atoms with Crippen molar-refractivity contribution in [3.8, 4) is 11.6 Å². The van der Waals surface area contributed by atoms with Crippen LogP contribution in [0.2, 0.25) is 0 Å². The molecule has 0 spiro atoms. The van der Waals surface area contributed by atoms with E-state index in [0.717, 1.165) is 16.8 Å². The van der Waals surface area contributed by atoms with Crippen LogP contribution in [0.5, 0.6) is 5.88 Å². The van der Waals surface area contributed by atoms with Crippen molar-refractivity contribution in [3.63, 3.8) is 0 Å². The van der Waals surface area contributed by atoms with Crippen molar-refractivity contribution in [2.75, 3.05) is 13.7 Å². The molecule has 0 atom stereocenters. The third-order valence-corrected chi connectivity index (χ3v) is 3.40. The van der Waals surface area contributed by atoms with Gasteiger partial charge in [-0.05, 0) is 37.1 Å². The molecule has 23 heavy (non-hydrogen) atoms. The monoisotopic (exact) mass is 311 g/mol. The fourth-order valence-electron chi connectivity index (χ4n) is 2.41. The standard InChI is InChI=1S/C16H17N5O2/c1-10-4-11(2)6-12(5-10)21-15-13(7-20-21)16(19-9-18-15)23-8-14(22)17-3/h4-7,9H,8H2,1-3H3,(H,17,22). The number of aromatic nitrogens is 4. The summed E-state index contributed by atoms with van der Waals surface area (Å²) in [6.45, 7) is 3.97. The van der Waals surface area contributed by atoms with Crippen molar-refractivity contribution >= 4 is 16.9 Å². The van der Waals surface area contributed by atoms with Crippen molar-refractivity contribution in [2.45, 2.75) is 13.8 Å². The van der Waals surface area contributed by atoms with Crippen molar-refractivity contribution in [1.29, 1.82) is 0 Å². The number of ether oxygens (including phenoxy) is 1. The molecule has 7 nitrogen and oxygen atoms in total. The number of nitrogens with one attached hydrogen (secondary N) is 1. The summed E-state index contributed by atoms with van der Waals surface area (Å²) in [5.41, 5.74) is 3.85. The predicted octanol–water partition coefficient (Wildman–Crippen LogP) is 1.56. The Morgan fingerprint density at radius 2 is 1.96 bits per heavy atom. The second-order valence-corrected chi connectivity index (χ2v) is 5.28. The molecule has 3 aromatic rings. The maximum absolute atomic E-state index is 11.3. The zero-order chi connectivity index (χ0) is 16.4. The molecule has 118 valence electrons. The molecule has 1 amide bonds. The van der Waals surface area contributed by atoms with Gasteiger partial charge in [-0.15, -0.1) is 0 Å². The lowest BCUT2D eigenvalue weighted by atomic mass is 10.1. The van der Waals surface area contributed by atoms with Gasteiger partial charge in [0.2, 0.25) is 5.88 Å². The summed E-state index contributed by atoms with van der Waals surface area (Å²) in [6, 6.07) is 6.17. The largest absolute Gasteiger partial charge is 0.467 e. The van der Waals surface area contributed by atoms with Gasteiger partial charge in [0, 0.05) is 7.05 Å². The number of rotatable bonds is 4. The normalized spacial score (nSPS) is 10.7. The molecular formula is C16H17N5O2. The van der Waals surface area contributed by atoms with Crippen LogP contribution in [-0.4, -0.2) is 39.3 Å². The average molecular weight is 311 g/mol. The lowest BCUT2D eigenvalue weighted by Crippen LogP contribution is -2.25. The van der Waals surface area contributed by atoms with Crippen LogP contribution < -0.4 is 10.1 Å². The predicted molar refractivity (Wildman–Crippen MR) is 85.7 cm³/mol. The maximum atomic E-state index is 11.3. The van der Waals surface area contributed by atoms with E-state index in [1.165, 1.54) is 6.33 Å². The molecule has 0 saturated heterocycles. The molecule has 1 N–H and O–H groups in total. The highest BCUT2D eigenvalue weighted by molar-refractivity contribution is 5.82. The lowest BCUT2D eigenvalue weighted by molar-refractivity contribution is -0.122. The number of hydrogen-bond acceptors (Lipinski definition) is 5. The van der Waals surface area contributed by atoms with Crippen LogP contribution in [0.15, 0.2) is 30.7 Å². The molecule has 3 rings (SSSR count). The first-order chi connectivity index (χ1) is 11.1. The van der Waals surface area contributed by atoms with E-state index in [0.29, 0.717) is 16.9 Å². The summed E-state index contributed by atoms with van der Waals surface area (Å²) >= 11 is 0. The highest BCUT2D eigenvalue weighted by Gasteiger charge is 2.13. The van der Waals surface area contributed by atoms with E-state index in [1.54, 1.807) is 17.9 Å². The van der Waals surface area contributed by atoms with E-state index in [-0.39, 0.29) is 12.5 Å². The smallest absolute Gasteiger partial charge is 0.257 e. The van der Waals surface area contributed by atoms with E-state index in [2.05, 4.69) is 26.4 Å². The van der Waals surface area contributed by atoms with Gasteiger partial charge in [-0.2, -0.15) is 5.10 Å². The van der Waals surface area contributed by atoms with Crippen LogP contribution in [-0.2, 0) is 4.79 Å². The van der Waals surface area contributed by atoms with E-state index >= 15 is 0 Å². The van der Waals surface area contributed by atoms with Crippen molar-refractivity contribution in [2.24, 2.45) is 0 Å². The molecular weight excluding hydrogens is 294 g/mol. The van der Waals surface area contributed by atoms with E-state index in [4.69, 9.17) is 4.74 Å². The number of likely N-dealkylation sites (N-methyl/N-ethyl adjacent to an activating group) is 1. The lowest BCUT2D eigenvalue weighted by Gasteiger charge is -2.07. The minimum absolute atomic E-state index is 0.0999. The van der Waals surface area contributed by atoms with Crippen molar-refractivity contribution in [1.82, 2.24) is 25.1 Å². The van der Waals surface area contributed by atoms with Crippen LogP contribution in [0.25, 0.3) is 16.7 Å². The second-order valence-electron chi connectivity index (χ2n) is 5.28. The molecule has 0 aliphatic carbocycles. The molecule has 0 saturated carbocycles. The topological polar surface area (TPSA) is 81.9 Å². The first-order valence-corrected chi connectivity index (χ1v) is 7.19. The third kappa shape index (κ3) is 2.98. The maximum Gasteiger partial charge on any atom is 0.257 e. The number of nitrogens with zero attached hydrogens (tertiary/aromatic N) is 4. The van der Waals surface area contributed by atoms with E-state index in [9.17, 15) is 4.79 Å². The average Bonchev–Trinajstić information content (AvgIpc) is 2.96. The summed E-state index contributed by atoms with van der Waals surface area (Å²) in [5, 5.41) is 7.55. The van der Waals surface area contributed by atoms with Gasteiger partial charge in [0.25, 0.3) is 5.91 Å². The Balaban J connectivity index is 2.02. The van der Waals surface area contributed by atoms with Crippen LogP contribution in [0.3, 0.4) is 0 Å². The Bertz CT molecular complexity index is 852. The number of carbonyl (C=O) groups is 1. The zero-order valence-electron chi connectivity index (χ0n) is 13.2. The summed E-state index contributed by atoms with van der Waals surface area (Å²) in [5.74, 6) is 0.118. The summed E-state index contributed by atoms with van der Waals surface area (Å²) in [6.07, 6.45) is 3.05. The zero-order valence-corrected chi connectivity index (χ0v) is 13.2. The van der Waals surface area contributed by atoms with Crippen LogP contribution in [0.1, 0.15) is 11.1 Å². The number of benzene rings is 1. The number of carbonyl (C=O) groups excluding carboxylic acids is 1. The van der Waals surface area contributed by atoms with Crippen LogP contribution >= 0.6 is 0 Å². The van der Waals surface area contributed by atoms with Crippen molar-refractivity contribution < 1.29 is 9.53 Å². The SMILES string of the molecule is CNC(=O)COc1ncnc2c1cnn2-c1cc(C)cc(C)c1. The Kier molecular flexibility index (Phi) is 3.92. The fourth-order valence-corrected chi connectivity index (χ4v) is 2.41. The van der Waals surface area contributed by atoms with Gasteiger partial charge in [0.1, 0.15) is 11.7 Å². The minimum Gasteiger partial charge on any atom is -0.467 e. The summed E-state index contributed by atoms with van der Waals surface area (Å²) in [4.78, 5) is 19.7. The van der Waals surface area contributed by atoms with Gasteiger partial charge in [-0.3, -0.25) is 4.79 Å². The number of hydrogen-bond donors (Lipinski definition) is 1. The molecule has 0 aliphatic heterocycles. The number of fused-ring (bicyclic) bond motifs is 1. The Morgan fingerprint density at radius 3 is 2.65 bits per heavy atom. The molecule has 0 bridgehead atoms. The molecule has 2 aromatic heterocycles. The first-order valence-electron chi connectivity index (χ1n) is 7.19. The van der Waals surface area contributed by atoms with E-state index in [1.807, 2.05) is 26.0 Å². The van der Waals surface area contributed by atoms with E-state index < -0.39 is 0 Å². The van der Waals surface area contributed by atoms with Gasteiger partial charge in [-0.1, -0.05) is 6.07 Å².